The predicted molar refractivity (Wildman–Crippen MR) is 79.5 cm³/mol. The predicted octanol–water partition coefficient (Wildman–Crippen LogP) is 2.67. The SMILES string of the molecule is Cc1cccc(CC(=O)NC(CC2CC2)C(=O)O)c1Br. The van der Waals surface area contributed by atoms with Crippen LogP contribution in [0.3, 0.4) is 0 Å². The minimum absolute atomic E-state index is 0.191. The third kappa shape index (κ3) is 4.07. The summed E-state index contributed by atoms with van der Waals surface area (Å²) in [6, 6.07) is 4.95. The highest BCUT2D eigenvalue weighted by Crippen LogP contribution is 2.33. The monoisotopic (exact) mass is 339 g/mol. The van der Waals surface area contributed by atoms with E-state index in [-0.39, 0.29) is 12.3 Å². The number of halogens is 1. The van der Waals surface area contributed by atoms with Crippen LogP contribution in [0.25, 0.3) is 0 Å². The van der Waals surface area contributed by atoms with E-state index in [9.17, 15) is 9.59 Å². The summed E-state index contributed by atoms with van der Waals surface area (Å²) in [6.07, 6.45) is 2.87. The molecule has 1 aromatic rings. The Kier molecular flexibility index (Phi) is 4.81. The van der Waals surface area contributed by atoms with E-state index in [4.69, 9.17) is 5.11 Å². The van der Waals surface area contributed by atoms with Crippen LogP contribution in [0.4, 0.5) is 0 Å². The summed E-state index contributed by atoms with van der Waals surface area (Å²) in [5, 5.41) is 11.8. The number of aliphatic carboxylic acids is 1. The summed E-state index contributed by atoms with van der Waals surface area (Å²) in [5.74, 6) is -0.736. The van der Waals surface area contributed by atoms with Crippen molar-refractivity contribution in [3.8, 4) is 0 Å². The van der Waals surface area contributed by atoms with Gasteiger partial charge in [-0.05, 0) is 30.4 Å². The first kappa shape index (κ1) is 15.0. The van der Waals surface area contributed by atoms with Crippen molar-refractivity contribution in [1.29, 1.82) is 0 Å². The van der Waals surface area contributed by atoms with E-state index in [1.54, 1.807) is 0 Å². The molecule has 0 aliphatic heterocycles. The molecule has 0 aromatic heterocycles. The van der Waals surface area contributed by atoms with Gasteiger partial charge in [0, 0.05) is 4.47 Å². The van der Waals surface area contributed by atoms with E-state index in [2.05, 4.69) is 21.2 Å². The Labute approximate surface area is 126 Å². The Morgan fingerprint density at radius 2 is 2.15 bits per heavy atom. The molecular formula is C15H18BrNO3. The highest BCUT2D eigenvalue weighted by atomic mass is 79.9. The van der Waals surface area contributed by atoms with Gasteiger partial charge in [-0.15, -0.1) is 0 Å². The van der Waals surface area contributed by atoms with Crippen molar-refractivity contribution in [2.75, 3.05) is 0 Å². The first-order valence-electron chi connectivity index (χ1n) is 6.73. The molecule has 0 saturated heterocycles. The van der Waals surface area contributed by atoms with Gasteiger partial charge >= 0.3 is 5.97 Å². The number of hydrogen-bond acceptors (Lipinski definition) is 2. The molecule has 1 unspecified atom stereocenters. The Balaban J connectivity index is 1.96. The van der Waals surface area contributed by atoms with Crippen molar-refractivity contribution < 1.29 is 14.7 Å². The average Bonchev–Trinajstić information content (AvgIpc) is 3.18. The second-order valence-corrected chi connectivity index (χ2v) is 6.16. The maximum absolute atomic E-state index is 12.0. The lowest BCUT2D eigenvalue weighted by atomic mass is 10.1. The number of nitrogens with one attached hydrogen (secondary N) is 1. The van der Waals surface area contributed by atoms with E-state index in [1.807, 2.05) is 25.1 Å². The van der Waals surface area contributed by atoms with Gasteiger partial charge in [0.05, 0.1) is 6.42 Å². The first-order chi connectivity index (χ1) is 9.47. The van der Waals surface area contributed by atoms with Crippen LogP contribution in [0, 0.1) is 12.8 Å². The van der Waals surface area contributed by atoms with Crippen molar-refractivity contribution in [2.24, 2.45) is 5.92 Å². The molecule has 5 heteroatoms. The van der Waals surface area contributed by atoms with Gasteiger partial charge in [-0.1, -0.05) is 47.0 Å². The lowest BCUT2D eigenvalue weighted by molar-refractivity contribution is -0.142. The number of carboxylic acids is 1. The highest BCUT2D eigenvalue weighted by Gasteiger charge is 2.30. The molecule has 1 aromatic carbocycles. The van der Waals surface area contributed by atoms with Crippen LogP contribution in [0.2, 0.25) is 0 Å². The normalized spacial score (nSPS) is 15.7. The van der Waals surface area contributed by atoms with Crippen LogP contribution >= 0.6 is 15.9 Å². The van der Waals surface area contributed by atoms with Crippen LogP contribution in [0.1, 0.15) is 30.4 Å². The molecular weight excluding hydrogens is 322 g/mol. The molecule has 1 aliphatic carbocycles. The van der Waals surface area contributed by atoms with Crippen molar-refractivity contribution >= 4 is 27.8 Å². The Bertz CT molecular complexity index is 526. The molecule has 2 rings (SSSR count). The lowest BCUT2D eigenvalue weighted by Gasteiger charge is -2.14. The second kappa shape index (κ2) is 6.39. The molecule has 20 heavy (non-hydrogen) atoms. The number of carboxylic acid groups (broad SMARTS) is 1. The Hall–Kier alpha value is -1.36. The zero-order valence-electron chi connectivity index (χ0n) is 11.4. The molecule has 1 aliphatic rings. The number of carbonyl (C=O) groups is 2. The fourth-order valence-corrected chi connectivity index (χ4v) is 2.58. The average molecular weight is 340 g/mol. The van der Waals surface area contributed by atoms with Gasteiger partial charge in [-0.25, -0.2) is 4.79 Å². The maximum atomic E-state index is 12.0. The van der Waals surface area contributed by atoms with Crippen LogP contribution in [0.15, 0.2) is 22.7 Å². The van der Waals surface area contributed by atoms with E-state index < -0.39 is 12.0 Å². The number of carbonyl (C=O) groups excluding carboxylic acids is 1. The van der Waals surface area contributed by atoms with E-state index in [1.165, 1.54) is 0 Å². The molecule has 1 atom stereocenters. The van der Waals surface area contributed by atoms with Gasteiger partial charge in [0.25, 0.3) is 0 Å². The van der Waals surface area contributed by atoms with Crippen molar-refractivity contribution in [2.45, 2.75) is 38.6 Å². The van der Waals surface area contributed by atoms with Crippen molar-refractivity contribution in [3.63, 3.8) is 0 Å². The molecule has 0 spiro atoms. The van der Waals surface area contributed by atoms with Gasteiger partial charge in [0.15, 0.2) is 0 Å². The van der Waals surface area contributed by atoms with Gasteiger partial charge in [0.2, 0.25) is 5.91 Å². The second-order valence-electron chi connectivity index (χ2n) is 5.36. The summed E-state index contributed by atoms with van der Waals surface area (Å²) in [6.45, 7) is 1.96. The first-order valence-corrected chi connectivity index (χ1v) is 7.53. The largest absolute Gasteiger partial charge is 0.480 e. The highest BCUT2D eigenvalue weighted by molar-refractivity contribution is 9.10. The Morgan fingerprint density at radius 1 is 1.45 bits per heavy atom. The quantitative estimate of drug-likeness (QED) is 0.837. The van der Waals surface area contributed by atoms with Gasteiger partial charge < -0.3 is 10.4 Å². The zero-order chi connectivity index (χ0) is 14.7. The topological polar surface area (TPSA) is 66.4 Å². The third-order valence-electron chi connectivity index (χ3n) is 3.52. The van der Waals surface area contributed by atoms with Crippen LogP contribution in [0.5, 0.6) is 0 Å². The fourth-order valence-electron chi connectivity index (χ4n) is 2.17. The standard InChI is InChI=1S/C15H18BrNO3/c1-9-3-2-4-11(14(9)16)8-13(18)17-12(15(19)20)7-10-5-6-10/h2-4,10,12H,5-8H2,1H3,(H,17,18)(H,19,20). The molecule has 2 N–H and O–H groups in total. The van der Waals surface area contributed by atoms with E-state index in [0.29, 0.717) is 12.3 Å². The molecule has 1 amide bonds. The molecule has 108 valence electrons. The lowest BCUT2D eigenvalue weighted by Crippen LogP contribution is -2.41. The van der Waals surface area contributed by atoms with Crippen molar-refractivity contribution in [1.82, 2.24) is 5.32 Å². The molecule has 0 bridgehead atoms. The number of rotatable bonds is 6. The summed E-state index contributed by atoms with van der Waals surface area (Å²) in [7, 11) is 0. The third-order valence-corrected chi connectivity index (χ3v) is 4.66. The summed E-state index contributed by atoms with van der Waals surface area (Å²) in [4.78, 5) is 23.1. The van der Waals surface area contributed by atoms with Crippen LogP contribution in [-0.4, -0.2) is 23.0 Å². The van der Waals surface area contributed by atoms with E-state index in [0.717, 1.165) is 28.4 Å². The minimum atomic E-state index is -0.950. The summed E-state index contributed by atoms with van der Waals surface area (Å²) >= 11 is 3.46. The number of aryl methyl sites for hydroxylation is 1. The number of hydrogen-bond donors (Lipinski definition) is 2. The zero-order valence-corrected chi connectivity index (χ0v) is 12.9. The van der Waals surface area contributed by atoms with Gasteiger partial charge in [0.1, 0.15) is 6.04 Å². The van der Waals surface area contributed by atoms with Gasteiger partial charge in [-0.2, -0.15) is 0 Å². The smallest absolute Gasteiger partial charge is 0.326 e. The molecule has 0 heterocycles. The number of benzene rings is 1. The van der Waals surface area contributed by atoms with Crippen LogP contribution < -0.4 is 5.32 Å². The molecule has 4 nitrogen and oxygen atoms in total. The van der Waals surface area contributed by atoms with Gasteiger partial charge in [-0.3, -0.25) is 4.79 Å². The number of amides is 1. The molecule has 1 fully saturated rings. The minimum Gasteiger partial charge on any atom is -0.480 e. The summed E-state index contributed by atoms with van der Waals surface area (Å²) < 4.78 is 0.907. The fraction of sp³-hybridized carbons (Fsp3) is 0.467. The maximum Gasteiger partial charge on any atom is 0.326 e. The Morgan fingerprint density at radius 3 is 2.75 bits per heavy atom. The molecule has 1 saturated carbocycles. The van der Waals surface area contributed by atoms with Crippen LogP contribution in [-0.2, 0) is 16.0 Å². The molecule has 0 radical (unpaired) electrons. The summed E-state index contributed by atoms with van der Waals surface area (Å²) in [5.41, 5.74) is 1.93. The van der Waals surface area contributed by atoms with Crippen molar-refractivity contribution in [3.05, 3.63) is 33.8 Å². The van der Waals surface area contributed by atoms with E-state index >= 15 is 0 Å².